The highest BCUT2D eigenvalue weighted by Crippen LogP contribution is 2.25. The van der Waals surface area contributed by atoms with Crippen LogP contribution in [0, 0.1) is 5.92 Å². The lowest BCUT2D eigenvalue weighted by atomic mass is 9.88. The van der Waals surface area contributed by atoms with Gasteiger partial charge in [0.2, 0.25) is 5.91 Å². The number of nitrogens with zero attached hydrogens (tertiary/aromatic N) is 2. The molecule has 3 heterocycles. The molecule has 0 unspecified atom stereocenters. The first-order valence-electron chi connectivity index (χ1n) is 8.12. The largest absolute Gasteiger partial charge is 0.342 e. The number of urea groups is 1. The molecule has 0 aromatic carbocycles. The third kappa shape index (κ3) is 2.95. The summed E-state index contributed by atoms with van der Waals surface area (Å²) >= 11 is 0. The van der Waals surface area contributed by atoms with Crippen LogP contribution in [0.4, 0.5) is 4.79 Å². The molecule has 7 nitrogen and oxygen atoms in total. The zero-order valence-corrected chi connectivity index (χ0v) is 13.1. The van der Waals surface area contributed by atoms with Crippen molar-refractivity contribution in [3.05, 3.63) is 0 Å². The van der Waals surface area contributed by atoms with Crippen molar-refractivity contribution >= 4 is 17.8 Å². The van der Waals surface area contributed by atoms with Crippen LogP contribution in [0.1, 0.15) is 32.6 Å². The van der Waals surface area contributed by atoms with E-state index >= 15 is 0 Å². The van der Waals surface area contributed by atoms with Gasteiger partial charge < -0.3 is 10.2 Å². The number of hydrogen-bond donors (Lipinski definition) is 2. The summed E-state index contributed by atoms with van der Waals surface area (Å²) in [6.45, 7) is 5.67. The summed E-state index contributed by atoms with van der Waals surface area (Å²) in [6.07, 6.45) is 3.30. The molecule has 1 spiro atoms. The summed E-state index contributed by atoms with van der Waals surface area (Å²) < 4.78 is 0. The van der Waals surface area contributed by atoms with E-state index in [0.717, 1.165) is 25.9 Å². The maximum Gasteiger partial charge on any atom is 0.322 e. The Balaban J connectivity index is 1.49. The third-order valence-electron chi connectivity index (χ3n) is 5.22. The van der Waals surface area contributed by atoms with Gasteiger partial charge in [-0.25, -0.2) is 4.79 Å². The molecule has 3 aliphatic heterocycles. The molecule has 2 N–H and O–H groups in total. The van der Waals surface area contributed by atoms with Crippen LogP contribution in [0.5, 0.6) is 0 Å². The van der Waals surface area contributed by atoms with Gasteiger partial charge in [0.1, 0.15) is 5.54 Å². The van der Waals surface area contributed by atoms with Crippen molar-refractivity contribution in [3.63, 3.8) is 0 Å². The lowest BCUT2D eigenvalue weighted by molar-refractivity contribution is -0.134. The fourth-order valence-corrected chi connectivity index (χ4v) is 3.52. The van der Waals surface area contributed by atoms with Crippen molar-refractivity contribution in [2.45, 2.75) is 38.1 Å². The molecule has 7 heteroatoms. The molecular formula is C15H24N4O3. The molecule has 3 saturated heterocycles. The Kier molecular flexibility index (Phi) is 4.08. The number of carbonyl (C=O) groups excluding carboxylic acids is 3. The molecule has 0 aliphatic carbocycles. The number of nitrogens with one attached hydrogen (secondary N) is 2. The maximum atomic E-state index is 12.3. The Morgan fingerprint density at radius 3 is 2.36 bits per heavy atom. The van der Waals surface area contributed by atoms with E-state index in [1.54, 1.807) is 0 Å². The van der Waals surface area contributed by atoms with Crippen molar-refractivity contribution in [2.24, 2.45) is 5.92 Å². The fraction of sp³-hybridized carbons (Fsp3) is 0.800. The molecule has 22 heavy (non-hydrogen) atoms. The molecule has 4 amide bonds. The Bertz CT molecular complexity index is 477. The standard InChI is InChI=1S/C15H24N4O3/c1-11-2-6-19(7-3-11)12(20)10-18-8-4-15(5-9-18)13(21)16-14(22)17-15/h11H,2-10H2,1H3,(H2,16,17,21,22). The van der Waals surface area contributed by atoms with E-state index in [2.05, 4.69) is 22.5 Å². The van der Waals surface area contributed by atoms with Gasteiger partial charge in [0.25, 0.3) is 5.91 Å². The average Bonchev–Trinajstić information content (AvgIpc) is 2.76. The van der Waals surface area contributed by atoms with Crippen LogP contribution in [0.2, 0.25) is 0 Å². The molecule has 0 radical (unpaired) electrons. The first kappa shape index (κ1) is 15.3. The fourth-order valence-electron chi connectivity index (χ4n) is 3.52. The number of hydrogen-bond acceptors (Lipinski definition) is 4. The van der Waals surface area contributed by atoms with Gasteiger partial charge in [-0.1, -0.05) is 6.92 Å². The van der Waals surface area contributed by atoms with Gasteiger partial charge in [-0.2, -0.15) is 0 Å². The van der Waals surface area contributed by atoms with Crippen LogP contribution >= 0.6 is 0 Å². The monoisotopic (exact) mass is 308 g/mol. The topological polar surface area (TPSA) is 81.8 Å². The van der Waals surface area contributed by atoms with Gasteiger partial charge in [-0.05, 0) is 31.6 Å². The van der Waals surface area contributed by atoms with Gasteiger partial charge in [0.15, 0.2) is 0 Å². The van der Waals surface area contributed by atoms with Crippen LogP contribution in [0.25, 0.3) is 0 Å². The number of imide groups is 1. The summed E-state index contributed by atoms with van der Waals surface area (Å²) in [5.41, 5.74) is -0.753. The molecule has 0 aromatic rings. The third-order valence-corrected chi connectivity index (χ3v) is 5.22. The maximum absolute atomic E-state index is 12.3. The van der Waals surface area contributed by atoms with Crippen LogP contribution in [-0.4, -0.2) is 65.9 Å². The highest BCUT2D eigenvalue weighted by atomic mass is 16.2. The van der Waals surface area contributed by atoms with E-state index in [0.29, 0.717) is 38.4 Å². The average molecular weight is 308 g/mol. The minimum absolute atomic E-state index is 0.183. The Hall–Kier alpha value is -1.63. The molecule has 3 aliphatic rings. The molecule has 3 fully saturated rings. The zero-order chi connectivity index (χ0) is 15.7. The minimum atomic E-state index is -0.753. The van der Waals surface area contributed by atoms with Gasteiger partial charge in [0, 0.05) is 26.2 Å². The van der Waals surface area contributed by atoms with E-state index in [4.69, 9.17) is 0 Å². The second-order valence-corrected chi connectivity index (χ2v) is 6.83. The first-order valence-corrected chi connectivity index (χ1v) is 8.12. The van der Waals surface area contributed by atoms with Crippen LogP contribution in [-0.2, 0) is 9.59 Å². The first-order chi connectivity index (χ1) is 10.5. The molecule has 0 saturated carbocycles. The van der Waals surface area contributed by atoms with E-state index in [9.17, 15) is 14.4 Å². The predicted octanol–water partition coefficient (Wildman–Crippen LogP) is -0.0811. The highest BCUT2D eigenvalue weighted by Gasteiger charge is 2.47. The molecule has 122 valence electrons. The zero-order valence-electron chi connectivity index (χ0n) is 13.1. The minimum Gasteiger partial charge on any atom is -0.342 e. The van der Waals surface area contributed by atoms with E-state index in [1.165, 1.54) is 0 Å². The molecule has 0 aromatic heterocycles. The van der Waals surface area contributed by atoms with Crippen molar-refractivity contribution < 1.29 is 14.4 Å². The van der Waals surface area contributed by atoms with Gasteiger partial charge in [-0.15, -0.1) is 0 Å². The number of piperidine rings is 2. The Morgan fingerprint density at radius 2 is 1.82 bits per heavy atom. The highest BCUT2D eigenvalue weighted by molar-refractivity contribution is 6.07. The normalized spacial score (nSPS) is 26.1. The van der Waals surface area contributed by atoms with E-state index in [1.807, 2.05) is 4.90 Å². The Morgan fingerprint density at radius 1 is 1.18 bits per heavy atom. The summed E-state index contributed by atoms with van der Waals surface area (Å²) in [7, 11) is 0. The molecular weight excluding hydrogens is 284 g/mol. The number of likely N-dealkylation sites (tertiary alicyclic amines) is 2. The number of rotatable bonds is 2. The molecule has 0 atom stereocenters. The van der Waals surface area contributed by atoms with Crippen molar-refractivity contribution in [1.82, 2.24) is 20.4 Å². The summed E-state index contributed by atoms with van der Waals surface area (Å²) in [4.78, 5) is 39.6. The van der Waals surface area contributed by atoms with Crippen molar-refractivity contribution in [3.8, 4) is 0 Å². The van der Waals surface area contributed by atoms with Gasteiger partial charge >= 0.3 is 6.03 Å². The molecule has 3 rings (SSSR count). The van der Waals surface area contributed by atoms with E-state index in [-0.39, 0.29) is 11.8 Å². The summed E-state index contributed by atoms with van der Waals surface area (Å²) in [5.74, 6) is 0.666. The SMILES string of the molecule is CC1CCN(C(=O)CN2CCC3(CC2)NC(=O)NC3=O)CC1. The Labute approximate surface area is 130 Å². The number of amides is 4. The second-order valence-electron chi connectivity index (χ2n) is 6.83. The lowest BCUT2D eigenvalue weighted by Gasteiger charge is -2.38. The van der Waals surface area contributed by atoms with Crippen molar-refractivity contribution in [2.75, 3.05) is 32.7 Å². The quantitative estimate of drug-likeness (QED) is 0.699. The molecule has 0 bridgehead atoms. The van der Waals surface area contributed by atoms with Crippen LogP contribution < -0.4 is 10.6 Å². The number of carbonyl (C=O) groups is 3. The smallest absolute Gasteiger partial charge is 0.322 e. The lowest BCUT2D eigenvalue weighted by Crippen LogP contribution is -2.56. The van der Waals surface area contributed by atoms with Crippen molar-refractivity contribution in [1.29, 1.82) is 0 Å². The predicted molar refractivity (Wildman–Crippen MR) is 80.1 cm³/mol. The van der Waals surface area contributed by atoms with Gasteiger partial charge in [-0.3, -0.25) is 19.8 Å². The van der Waals surface area contributed by atoms with Gasteiger partial charge in [0.05, 0.1) is 6.54 Å². The summed E-state index contributed by atoms with van der Waals surface area (Å²) in [6, 6.07) is -0.406. The van der Waals surface area contributed by atoms with Crippen LogP contribution in [0.15, 0.2) is 0 Å². The second kappa shape index (κ2) is 5.87. The van der Waals surface area contributed by atoms with E-state index < -0.39 is 11.6 Å². The van der Waals surface area contributed by atoms with Crippen LogP contribution in [0.3, 0.4) is 0 Å². The summed E-state index contributed by atoms with van der Waals surface area (Å²) in [5, 5.41) is 5.05.